The summed E-state index contributed by atoms with van der Waals surface area (Å²) in [4.78, 5) is 39.9. The van der Waals surface area contributed by atoms with Crippen LogP contribution in [0, 0.1) is 0 Å². The topological polar surface area (TPSA) is 128 Å². The molecule has 0 atom stereocenters. The first-order valence-corrected chi connectivity index (χ1v) is 9.74. The quantitative estimate of drug-likeness (QED) is 0.469. The highest BCUT2D eigenvalue weighted by Crippen LogP contribution is 2.27. The van der Waals surface area contributed by atoms with Crippen molar-refractivity contribution in [2.75, 3.05) is 31.9 Å². The van der Waals surface area contributed by atoms with E-state index in [1.54, 1.807) is 36.4 Å². The Morgan fingerprint density at radius 2 is 1.64 bits per heavy atom. The number of carbonyl (C=O) groups excluding carboxylic acids is 3. The van der Waals surface area contributed by atoms with Crippen LogP contribution >= 0.6 is 0 Å². The number of methoxy groups -OCH3 is 2. The summed E-state index contributed by atoms with van der Waals surface area (Å²) in [7, 11) is 4.25. The molecular formula is C23H22N4O6. The number of anilines is 2. The van der Waals surface area contributed by atoms with Crippen LogP contribution < -0.4 is 25.4 Å². The van der Waals surface area contributed by atoms with Gasteiger partial charge in [-0.15, -0.1) is 0 Å². The van der Waals surface area contributed by atoms with E-state index in [0.29, 0.717) is 28.6 Å². The normalized spacial score (nSPS) is 10.0. The van der Waals surface area contributed by atoms with Crippen molar-refractivity contribution in [1.29, 1.82) is 0 Å². The first-order chi connectivity index (χ1) is 15.9. The van der Waals surface area contributed by atoms with Crippen LogP contribution in [-0.2, 0) is 4.74 Å². The second kappa shape index (κ2) is 10.6. The maximum Gasteiger partial charge on any atom is 0.337 e. The standard InChI is InChI=1S/C23H22N4O6/c1-24-21(28)19-13-17(10-11-25-19)33-16-7-5-15(6-8-16)26-23(30)27-18-12-14(22(29)32-3)4-9-20(18)31-2/h4-13H,1-3H3,(H,24,28)(H2,26,27,30). The molecule has 1 heterocycles. The number of rotatable bonds is 7. The summed E-state index contributed by atoms with van der Waals surface area (Å²) in [6, 6.07) is 13.8. The maximum absolute atomic E-state index is 12.4. The molecule has 3 N–H and O–H groups in total. The number of esters is 1. The van der Waals surface area contributed by atoms with Crippen LogP contribution in [0.25, 0.3) is 0 Å². The average Bonchev–Trinajstić information content (AvgIpc) is 2.84. The van der Waals surface area contributed by atoms with Gasteiger partial charge in [0.25, 0.3) is 5.91 Å². The van der Waals surface area contributed by atoms with E-state index in [0.717, 1.165) is 0 Å². The molecule has 0 radical (unpaired) electrons. The van der Waals surface area contributed by atoms with E-state index in [1.807, 2.05) is 0 Å². The van der Waals surface area contributed by atoms with Gasteiger partial charge in [0.15, 0.2) is 0 Å². The number of ether oxygens (including phenoxy) is 3. The molecule has 3 amide bonds. The number of hydrogen-bond donors (Lipinski definition) is 3. The van der Waals surface area contributed by atoms with Gasteiger partial charge >= 0.3 is 12.0 Å². The Labute approximate surface area is 189 Å². The lowest BCUT2D eigenvalue weighted by Crippen LogP contribution is -2.20. The molecule has 10 nitrogen and oxygen atoms in total. The number of benzene rings is 2. The van der Waals surface area contributed by atoms with E-state index in [4.69, 9.17) is 14.2 Å². The highest BCUT2D eigenvalue weighted by atomic mass is 16.5. The first kappa shape index (κ1) is 23.1. The van der Waals surface area contributed by atoms with Crippen LogP contribution in [0.2, 0.25) is 0 Å². The van der Waals surface area contributed by atoms with E-state index < -0.39 is 12.0 Å². The molecule has 0 saturated carbocycles. The van der Waals surface area contributed by atoms with Gasteiger partial charge in [-0.05, 0) is 48.5 Å². The Bertz CT molecular complexity index is 1160. The van der Waals surface area contributed by atoms with Crippen molar-refractivity contribution in [2.45, 2.75) is 0 Å². The molecule has 0 aliphatic heterocycles. The predicted molar refractivity (Wildman–Crippen MR) is 121 cm³/mol. The lowest BCUT2D eigenvalue weighted by Gasteiger charge is -2.13. The van der Waals surface area contributed by atoms with Gasteiger partial charge in [-0.25, -0.2) is 9.59 Å². The van der Waals surface area contributed by atoms with Crippen LogP contribution in [0.3, 0.4) is 0 Å². The molecular weight excluding hydrogens is 428 g/mol. The predicted octanol–water partition coefficient (Wildman–Crippen LogP) is 3.67. The van der Waals surface area contributed by atoms with Crippen molar-refractivity contribution >= 4 is 29.3 Å². The van der Waals surface area contributed by atoms with Gasteiger partial charge in [-0.2, -0.15) is 0 Å². The van der Waals surface area contributed by atoms with E-state index in [9.17, 15) is 14.4 Å². The highest BCUT2D eigenvalue weighted by molar-refractivity contribution is 6.02. The van der Waals surface area contributed by atoms with Gasteiger partial charge in [0.1, 0.15) is 22.9 Å². The van der Waals surface area contributed by atoms with E-state index in [1.165, 1.54) is 45.7 Å². The Hall–Kier alpha value is -4.60. The van der Waals surface area contributed by atoms with Crippen LogP contribution in [0.15, 0.2) is 60.8 Å². The van der Waals surface area contributed by atoms with Crippen molar-refractivity contribution in [1.82, 2.24) is 10.3 Å². The molecule has 0 spiro atoms. The van der Waals surface area contributed by atoms with Crippen LogP contribution in [0.1, 0.15) is 20.8 Å². The largest absolute Gasteiger partial charge is 0.495 e. The second-order valence-electron chi connectivity index (χ2n) is 6.57. The van der Waals surface area contributed by atoms with Crippen molar-refractivity contribution in [3.8, 4) is 17.2 Å². The summed E-state index contributed by atoms with van der Waals surface area (Å²) < 4.78 is 15.7. The zero-order valence-corrected chi connectivity index (χ0v) is 18.2. The van der Waals surface area contributed by atoms with Gasteiger partial charge in [0, 0.05) is 25.0 Å². The molecule has 1 aromatic heterocycles. The molecule has 3 aromatic rings. The first-order valence-electron chi connectivity index (χ1n) is 9.74. The summed E-state index contributed by atoms with van der Waals surface area (Å²) in [6.45, 7) is 0. The molecule has 33 heavy (non-hydrogen) atoms. The highest BCUT2D eigenvalue weighted by Gasteiger charge is 2.13. The number of carbonyl (C=O) groups is 3. The summed E-state index contributed by atoms with van der Waals surface area (Å²) >= 11 is 0. The number of urea groups is 1. The summed E-state index contributed by atoms with van der Waals surface area (Å²) in [5, 5.41) is 7.83. The number of amides is 3. The molecule has 10 heteroatoms. The van der Waals surface area contributed by atoms with Gasteiger partial charge < -0.3 is 30.2 Å². The van der Waals surface area contributed by atoms with E-state index >= 15 is 0 Å². The average molecular weight is 450 g/mol. The molecule has 0 aliphatic carbocycles. The minimum atomic E-state index is -0.534. The number of hydrogen-bond acceptors (Lipinski definition) is 7. The molecule has 0 saturated heterocycles. The Balaban J connectivity index is 1.65. The molecule has 0 aliphatic rings. The molecule has 3 rings (SSSR count). The van der Waals surface area contributed by atoms with E-state index in [-0.39, 0.29) is 17.2 Å². The number of pyridine rings is 1. The monoisotopic (exact) mass is 450 g/mol. The van der Waals surface area contributed by atoms with Crippen molar-refractivity contribution in [3.63, 3.8) is 0 Å². The number of aromatic nitrogens is 1. The van der Waals surface area contributed by atoms with Crippen LogP contribution in [-0.4, -0.2) is 44.2 Å². The zero-order chi connectivity index (χ0) is 23.8. The van der Waals surface area contributed by atoms with Gasteiger partial charge in [-0.1, -0.05) is 0 Å². The smallest absolute Gasteiger partial charge is 0.337 e. The lowest BCUT2D eigenvalue weighted by atomic mass is 10.2. The number of nitrogens with zero attached hydrogens (tertiary/aromatic N) is 1. The Kier molecular flexibility index (Phi) is 7.43. The molecule has 170 valence electrons. The molecule has 2 aromatic carbocycles. The third-order valence-electron chi connectivity index (χ3n) is 4.41. The third kappa shape index (κ3) is 5.97. The Morgan fingerprint density at radius 1 is 0.879 bits per heavy atom. The molecule has 0 bridgehead atoms. The third-order valence-corrected chi connectivity index (χ3v) is 4.41. The number of nitrogens with one attached hydrogen (secondary N) is 3. The van der Waals surface area contributed by atoms with Crippen LogP contribution in [0.5, 0.6) is 17.2 Å². The van der Waals surface area contributed by atoms with Crippen LogP contribution in [0.4, 0.5) is 16.2 Å². The van der Waals surface area contributed by atoms with Gasteiger partial charge in [-0.3, -0.25) is 9.78 Å². The fourth-order valence-corrected chi connectivity index (χ4v) is 2.80. The van der Waals surface area contributed by atoms with Crippen molar-refractivity contribution in [2.24, 2.45) is 0 Å². The fourth-order valence-electron chi connectivity index (χ4n) is 2.80. The molecule has 0 fully saturated rings. The fraction of sp³-hybridized carbons (Fsp3) is 0.130. The summed E-state index contributed by atoms with van der Waals surface area (Å²) in [6.07, 6.45) is 1.48. The maximum atomic E-state index is 12.4. The van der Waals surface area contributed by atoms with Crippen molar-refractivity contribution < 1.29 is 28.6 Å². The zero-order valence-electron chi connectivity index (χ0n) is 18.2. The van der Waals surface area contributed by atoms with E-state index in [2.05, 4.69) is 20.9 Å². The minimum absolute atomic E-state index is 0.233. The summed E-state index contributed by atoms with van der Waals surface area (Å²) in [5.41, 5.74) is 1.31. The van der Waals surface area contributed by atoms with Crippen molar-refractivity contribution in [3.05, 3.63) is 72.1 Å². The SMILES string of the molecule is CNC(=O)c1cc(Oc2ccc(NC(=O)Nc3cc(C(=O)OC)ccc3OC)cc2)ccn1. The second-order valence-corrected chi connectivity index (χ2v) is 6.57. The molecule has 0 unspecified atom stereocenters. The summed E-state index contributed by atoms with van der Waals surface area (Å²) in [5.74, 6) is 0.477. The lowest BCUT2D eigenvalue weighted by molar-refractivity contribution is 0.0600. The minimum Gasteiger partial charge on any atom is -0.495 e. The van der Waals surface area contributed by atoms with Gasteiger partial charge in [0.05, 0.1) is 25.5 Å². The van der Waals surface area contributed by atoms with Gasteiger partial charge in [0.2, 0.25) is 0 Å². The Morgan fingerprint density at radius 3 is 2.30 bits per heavy atom.